The summed E-state index contributed by atoms with van der Waals surface area (Å²) in [6.07, 6.45) is 5.54. The Bertz CT molecular complexity index is 811. The molecule has 0 atom stereocenters. The molecular formula is C22H24N2O2S. The van der Waals surface area contributed by atoms with E-state index in [0.717, 1.165) is 47.3 Å². The molecule has 1 aliphatic heterocycles. The van der Waals surface area contributed by atoms with Gasteiger partial charge in [-0.3, -0.25) is 9.79 Å². The summed E-state index contributed by atoms with van der Waals surface area (Å²) in [5.74, 6) is 1.93. The van der Waals surface area contributed by atoms with Crippen LogP contribution in [-0.2, 0) is 0 Å². The van der Waals surface area contributed by atoms with Gasteiger partial charge in [0.2, 0.25) is 0 Å². The van der Waals surface area contributed by atoms with E-state index >= 15 is 0 Å². The zero-order valence-electron chi connectivity index (χ0n) is 15.5. The molecule has 0 bridgehead atoms. The van der Waals surface area contributed by atoms with Crippen molar-refractivity contribution in [1.82, 2.24) is 0 Å². The van der Waals surface area contributed by atoms with Gasteiger partial charge >= 0.3 is 0 Å². The van der Waals surface area contributed by atoms with E-state index < -0.39 is 0 Å². The van der Waals surface area contributed by atoms with Crippen LogP contribution in [0.3, 0.4) is 0 Å². The molecular weight excluding hydrogens is 356 g/mol. The third-order valence-corrected chi connectivity index (χ3v) is 4.99. The maximum atomic E-state index is 12.4. The van der Waals surface area contributed by atoms with Gasteiger partial charge in [-0.2, -0.15) is 0 Å². The fourth-order valence-electron chi connectivity index (χ4n) is 2.54. The number of benzene rings is 2. The van der Waals surface area contributed by atoms with Crippen molar-refractivity contribution in [2.24, 2.45) is 4.99 Å². The second kappa shape index (κ2) is 9.97. The molecule has 0 saturated carbocycles. The van der Waals surface area contributed by atoms with Crippen molar-refractivity contribution in [3.63, 3.8) is 0 Å². The quantitative estimate of drug-likeness (QED) is 0.525. The third kappa shape index (κ3) is 6.00. The average Bonchev–Trinajstić information content (AvgIpc) is 2.72. The average molecular weight is 381 g/mol. The molecule has 3 rings (SSSR count). The number of thioether (sulfide) groups is 1. The van der Waals surface area contributed by atoms with Crippen LogP contribution in [0.25, 0.3) is 6.08 Å². The van der Waals surface area contributed by atoms with Crippen LogP contribution in [0.15, 0.2) is 59.6 Å². The molecule has 0 unspecified atom stereocenters. The molecule has 0 aliphatic carbocycles. The molecule has 4 nitrogen and oxygen atoms in total. The number of carbonyl (C=O) groups is 1. The van der Waals surface area contributed by atoms with Crippen LogP contribution in [0.1, 0.15) is 35.7 Å². The Hall–Kier alpha value is -2.53. The molecule has 140 valence electrons. The first kappa shape index (κ1) is 19.2. The van der Waals surface area contributed by atoms with Crippen LogP contribution in [0, 0.1) is 0 Å². The predicted molar refractivity (Wildman–Crippen MR) is 115 cm³/mol. The number of nitrogens with one attached hydrogen (secondary N) is 1. The van der Waals surface area contributed by atoms with E-state index in [-0.39, 0.29) is 5.78 Å². The van der Waals surface area contributed by atoms with E-state index in [1.165, 1.54) is 0 Å². The van der Waals surface area contributed by atoms with Crippen LogP contribution in [0.5, 0.6) is 5.75 Å². The minimum atomic E-state index is -0.0164. The molecule has 0 amide bonds. The summed E-state index contributed by atoms with van der Waals surface area (Å²) in [7, 11) is 0. The number of anilines is 1. The van der Waals surface area contributed by atoms with Crippen molar-refractivity contribution >= 4 is 34.5 Å². The highest BCUT2D eigenvalue weighted by Gasteiger charge is 2.07. The molecule has 5 heteroatoms. The summed E-state index contributed by atoms with van der Waals surface area (Å²) in [5.41, 5.74) is 2.59. The number of allylic oxidation sites excluding steroid dienone is 1. The van der Waals surface area contributed by atoms with Crippen LogP contribution in [-0.4, -0.2) is 29.9 Å². The van der Waals surface area contributed by atoms with Gasteiger partial charge in [-0.15, -0.1) is 0 Å². The van der Waals surface area contributed by atoms with E-state index in [2.05, 4.69) is 17.2 Å². The van der Waals surface area contributed by atoms with Crippen molar-refractivity contribution in [2.45, 2.75) is 19.8 Å². The van der Waals surface area contributed by atoms with Gasteiger partial charge in [0.05, 0.1) is 6.61 Å². The van der Waals surface area contributed by atoms with Crippen LogP contribution < -0.4 is 10.1 Å². The second-order valence-corrected chi connectivity index (χ2v) is 7.29. The first-order valence-electron chi connectivity index (χ1n) is 9.24. The fourth-order valence-corrected chi connectivity index (χ4v) is 3.38. The lowest BCUT2D eigenvalue weighted by Gasteiger charge is -2.13. The number of ketones is 1. The normalized spacial score (nSPS) is 14.0. The van der Waals surface area contributed by atoms with Crippen LogP contribution >= 0.6 is 11.8 Å². The second-order valence-electron chi connectivity index (χ2n) is 6.21. The van der Waals surface area contributed by atoms with Gasteiger partial charge in [0.15, 0.2) is 11.0 Å². The monoisotopic (exact) mass is 380 g/mol. The summed E-state index contributed by atoms with van der Waals surface area (Å²) < 4.78 is 5.56. The maximum absolute atomic E-state index is 12.4. The van der Waals surface area contributed by atoms with Crippen molar-refractivity contribution in [1.29, 1.82) is 0 Å². The molecule has 1 aliphatic rings. The van der Waals surface area contributed by atoms with E-state index in [4.69, 9.17) is 4.74 Å². The molecule has 0 aromatic heterocycles. The van der Waals surface area contributed by atoms with Crippen molar-refractivity contribution in [2.75, 3.05) is 24.2 Å². The summed E-state index contributed by atoms with van der Waals surface area (Å²) in [6.45, 7) is 3.67. The number of hydrogen-bond donors (Lipinski definition) is 1. The number of nitrogens with zero attached hydrogens (tertiary/aromatic N) is 1. The molecule has 1 N–H and O–H groups in total. The number of carbonyl (C=O) groups excluding carboxylic acids is 1. The topological polar surface area (TPSA) is 50.7 Å². The zero-order chi connectivity index (χ0) is 18.9. The summed E-state index contributed by atoms with van der Waals surface area (Å²) in [5, 5.41) is 4.25. The zero-order valence-corrected chi connectivity index (χ0v) is 16.3. The number of rotatable bonds is 7. The largest absolute Gasteiger partial charge is 0.494 e. The highest BCUT2D eigenvalue weighted by molar-refractivity contribution is 8.14. The lowest BCUT2D eigenvalue weighted by Crippen LogP contribution is -2.13. The summed E-state index contributed by atoms with van der Waals surface area (Å²) >= 11 is 1.73. The first-order chi connectivity index (χ1) is 13.2. The fraction of sp³-hybridized carbons (Fsp3) is 0.273. The highest BCUT2D eigenvalue weighted by atomic mass is 32.2. The van der Waals surface area contributed by atoms with E-state index in [1.807, 2.05) is 54.6 Å². The number of amidine groups is 1. The summed E-state index contributed by atoms with van der Waals surface area (Å²) in [4.78, 5) is 16.8. The van der Waals surface area contributed by atoms with E-state index in [0.29, 0.717) is 12.2 Å². The lowest BCUT2D eigenvalue weighted by molar-refractivity contribution is 0.104. The van der Waals surface area contributed by atoms with Crippen LogP contribution in [0.4, 0.5) is 5.69 Å². The smallest absolute Gasteiger partial charge is 0.185 e. The van der Waals surface area contributed by atoms with Gasteiger partial charge in [-0.25, -0.2) is 0 Å². The summed E-state index contributed by atoms with van der Waals surface area (Å²) in [6, 6.07) is 15.2. The van der Waals surface area contributed by atoms with Gasteiger partial charge in [0.1, 0.15) is 5.75 Å². The minimum absolute atomic E-state index is 0.0164. The Labute approximate surface area is 164 Å². The molecule has 0 spiro atoms. The maximum Gasteiger partial charge on any atom is 0.185 e. The Morgan fingerprint density at radius 2 is 1.96 bits per heavy atom. The molecule has 0 saturated heterocycles. The SMILES string of the molecule is CCCOc1ccc(/C=C/C(=O)c2ccc(NC3=NCCCS3)cc2)cc1. The highest BCUT2D eigenvalue weighted by Crippen LogP contribution is 2.18. The lowest BCUT2D eigenvalue weighted by atomic mass is 10.1. The predicted octanol–water partition coefficient (Wildman–Crippen LogP) is 5.28. The Morgan fingerprint density at radius 1 is 1.19 bits per heavy atom. The van der Waals surface area contributed by atoms with Crippen molar-refractivity contribution in [3.05, 3.63) is 65.7 Å². The number of ether oxygens (including phenoxy) is 1. The van der Waals surface area contributed by atoms with Gasteiger partial charge in [0, 0.05) is 23.5 Å². The molecule has 2 aromatic carbocycles. The third-order valence-electron chi connectivity index (χ3n) is 4.00. The van der Waals surface area contributed by atoms with Crippen molar-refractivity contribution < 1.29 is 9.53 Å². The van der Waals surface area contributed by atoms with Gasteiger partial charge in [0.25, 0.3) is 0 Å². The van der Waals surface area contributed by atoms with Crippen molar-refractivity contribution in [3.8, 4) is 5.75 Å². The van der Waals surface area contributed by atoms with Gasteiger partial charge < -0.3 is 10.1 Å². The minimum Gasteiger partial charge on any atom is -0.494 e. The number of aliphatic imine (C=N–C) groups is 1. The Morgan fingerprint density at radius 3 is 2.63 bits per heavy atom. The molecule has 1 heterocycles. The molecule has 0 fully saturated rings. The van der Waals surface area contributed by atoms with Gasteiger partial charge in [-0.1, -0.05) is 36.9 Å². The first-order valence-corrected chi connectivity index (χ1v) is 10.2. The molecule has 0 radical (unpaired) electrons. The molecule has 27 heavy (non-hydrogen) atoms. The standard InChI is InChI=1S/C22H24N2O2S/c1-2-15-26-20-11-4-17(5-12-20)6-13-21(25)18-7-9-19(10-8-18)24-22-23-14-3-16-27-22/h4-13H,2-3,14-16H2,1H3,(H,23,24)/b13-6+. The van der Waals surface area contributed by atoms with E-state index in [9.17, 15) is 4.79 Å². The molecule has 2 aromatic rings. The van der Waals surface area contributed by atoms with Gasteiger partial charge in [-0.05, 0) is 60.9 Å². The number of hydrogen-bond acceptors (Lipinski definition) is 5. The Balaban J connectivity index is 1.57. The van der Waals surface area contributed by atoms with E-state index in [1.54, 1.807) is 17.8 Å². The Kier molecular flexibility index (Phi) is 7.11. The van der Waals surface area contributed by atoms with Crippen LogP contribution in [0.2, 0.25) is 0 Å².